The van der Waals surface area contributed by atoms with Gasteiger partial charge in [0.05, 0.1) is 18.2 Å². The maximum Gasteiger partial charge on any atom is 0.0669 e. The molecule has 0 spiro atoms. The molecule has 10 heavy (non-hydrogen) atoms. The third-order valence-electron chi connectivity index (χ3n) is 1.98. The summed E-state index contributed by atoms with van der Waals surface area (Å²) in [7, 11) is 0. The van der Waals surface area contributed by atoms with Crippen LogP contribution in [0.3, 0.4) is 0 Å². The Balaban J connectivity index is 2.37. The van der Waals surface area contributed by atoms with Crippen LogP contribution in [0.2, 0.25) is 0 Å². The van der Waals surface area contributed by atoms with Gasteiger partial charge in [-0.05, 0) is 13.3 Å². The summed E-state index contributed by atoms with van der Waals surface area (Å²) >= 11 is 0. The van der Waals surface area contributed by atoms with Crippen molar-refractivity contribution in [2.45, 2.75) is 19.5 Å². The second kappa shape index (κ2) is 3.00. The van der Waals surface area contributed by atoms with Crippen molar-refractivity contribution >= 4 is 0 Å². The lowest BCUT2D eigenvalue weighted by Gasteiger charge is -2.18. The minimum absolute atomic E-state index is 0.110. The Morgan fingerprint density at radius 3 is 2.80 bits per heavy atom. The monoisotopic (exact) mass is 139 g/mol. The Hall–Kier alpha value is -0.590. The summed E-state index contributed by atoms with van der Waals surface area (Å²) < 4.78 is 0. The topological polar surface area (TPSA) is 53.0 Å². The van der Waals surface area contributed by atoms with E-state index in [0.717, 1.165) is 19.5 Å². The highest BCUT2D eigenvalue weighted by molar-refractivity contribution is 4.91. The van der Waals surface area contributed by atoms with Crippen molar-refractivity contribution in [2.24, 2.45) is 11.7 Å². The summed E-state index contributed by atoms with van der Waals surface area (Å²) in [6.07, 6.45) is 1.09. The molecule has 2 N–H and O–H groups in total. The van der Waals surface area contributed by atoms with Crippen molar-refractivity contribution in [3.8, 4) is 6.07 Å². The minimum Gasteiger partial charge on any atom is -0.316 e. The fraction of sp³-hybridized carbons (Fsp3) is 0.857. The molecular weight excluding hydrogens is 126 g/mol. The molecule has 2 unspecified atom stereocenters. The van der Waals surface area contributed by atoms with Gasteiger partial charge >= 0.3 is 0 Å². The summed E-state index contributed by atoms with van der Waals surface area (Å²) in [5.74, 6) is 0.214. The van der Waals surface area contributed by atoms with Crippen molar-refractivity contribution in [1.29, 1.82) is 5.26 Å². The van der Waals surface area contributed by atoms with E-state index in [1.54, 1.807) is 0 Å². The molecule has 1 aliphatic rings. The Morgan fingerprint density at radius 2 is 2.50 bits per heavy atom. The van der Waals surface area contributed by atoms with Crippen molar-refractivity contribution in [2.75, 3.05) is 13.1 Å². The largest absolute Gasteiger partial charge is 0.316 e. The van der Waals surface area contributed by atoms with Crippen LogP contribution < -0.4 is 5.73 Å². The molecule has 0 amide bonds. The predicted octanol–water partition coefficient (Wildman–Crippen LogP) is 0.137. The van der Waals surface area contributed by atoms with Gasteiger partial charge in [0.2, 0.25) is 0 Å². The van der Waals surface area contributed by atoms with Crippen LogP contribution in [0.1, 0.15) is 13.3 Å². The lowest BCUT2D eigenvalue weighted by atomic mass is 10.1. The Bertz CT molecular complexity index is 147. The van der Waals surface area contributed by atoms with Crippen LogP contribution in [0.25, 0.3) is 0 Å². The first-order valence-electron chi connectivity index (χ1n) is 3.63. The highest BCUT2D eigenvalue weighted by Gasteiger charge is 2.23. The molecule has 56 valence electrons. The molecule has 0 radical (unpaired) electrons. The summed E-state index contributed by atoms with van der Waals surface area (Å²) in [4.78, 5) is 2.13. The fourth-order valence-electron chi connectivity index (χ4n) is 1.26. The zero-order valence-electron chi connectivity index (χ0n) is 6.25. The summed E-state index contributed by atoms with van der Waals surface area (Å²) in [6, 6.07) is 2.25. The molecule has 2 atom stereocenters. The van der Waals surface area contributed by atoms with E-state index in [-0.39, 0.29) is 12.1 Å². The zero-order chi connectivity index (χ0) is 7.56. The molecular formula is C7H13N3. The SMILES string of the molecule is CC(N)N1CCC(C#N)C1. The van der Waals surface area contributed by atoms with Crippen LogP contribution in [0.5, 0.6) is 0 Å². The van der Waals surface area contributed by atoms with Gasteiger partial charge in [0.25, 0.3) is 0 Å². The van der Waals surface area contributed by atoms with Gasteiger partial charge in [-0.3, -0.25) is 4.90 Å². The van der Waals surface area contributed by atoms with Gasteiger partial charge in [-0.15, -0.1) is 0 Å². The van der Waals surface area contributed by atoms with Gasteiger partial charge in [-0.1, -0.05) is 0 Å². The van der Waals surface area contributed by atoms with Crippen LogP contribution in [0.4, 0.5) is 0 Å². The van der Waals surface area contributed by atoms with E-state index in [1.165, 1.54) is 0 Å². The van der Waals surface area contributed by atoms with E-state index in [2.05, 4.69) is 11.0 Å². The summed E-state index contributed by atoms with van der Waals surface area (Å²) in [5.41, 5.74) is 5.63. The van der Waals surface area contributed by atoms with E-state index in [4.69, 9.17) is 11.0 Å². The van der Waals surface area contributed by atoms with Gasteiger partial charge in [0.15, 0.2) is 0 Å². The number of nitriles is 1. The Labute approximate surface area is 61.4 Å². The summed E-state index contributed by atoms with van der Waals surface area (Å²) in [5, 5.41) is 8.55. The van der Waals surface area contributed by atoms with Crippen LogP contribution in [0, 0.1) is 17.2 Å². The quantitative estimate of drug-likeness (QED) is 0.562. The molecule has 3 nitrogen and oxygen atoms in total. The van der Waals surface area contributed by atoms with Crippen molar-refractivity contribution in [3.63, 3.8) is 0 Å². The molecule has 3 heteroatoms. The average molecular weight is 139 g/mol. The van der Waals surface area contributed by atoms with E-state index in [0.29, 0.717) is 0 Å². The number of rotatable bonds is 1. The molecule has 0 aromatic rings. The third kappa shape index (κ3) is 1.47. The Kier molecular flexibility index (Phi) is 2.25. The van der Waals surface area contributed by atoms with E-state index in [9.17, 15) is 0 Å². The maximum absolute atomic E-state index is 8.55. The highest BCUT2D eigenvalue weighted by atomic mass is 15.2. The predicted molar refractivity (Wildman–Crippen MR) is 38.9 cm³/mol. The van der Waals surface area contributed by atoms with Gasteiger partial charge in [0.1, 0.15) is 0 Å². The summed E-state index contributed by atoms with van der Waals surface area (Å²) in [6.45, 7) is 3.80. The van der Waals surface area contributed by atoms with E-state index >= 15 is 0 Å². The van der Waals surface area contributed by atoms with Gasteiger partial charge < -0.3 is 5.73 Å². The first kappa shape index (κ1) is 7.52. The molecule has 1 saturated heterocycles. The highest BCUT2D eigenvalue weighted by Crippen LogP contribution is 2.15. The van der Waals surface area contributed by atoms with Crippen molar-refractivity contribution in [3.05, 3.63) is 0 Å². The standard InChI is InChI=1S/C7H13N3/c1-6(9)10-3-2-7(4-8)5-10/h6-7H,2-3,5,9H2,1H3. The van der Waals surface area contributed by atoms with Crippen LogP contribution in [-0.2, 0) is 0 Å². The first-order chi connectivity index (χ1) is 4.74. The second-order valence-electron chi connectivity index (χ2n) is 2.85. The molecule has 1 rings (SSSR count). The number of likely N-dealkylation sites (tertiary alicyclic amines) is 1. The number of nitrogens with two attached hydrogens (primary N) is 1. The molecule has 0 aromatic carbocycles. The molecule has 1 heterocycles. The molecule has 1 aliphatic heterocycles. The van der Waals surface area contributed by atoms with E-state index in [1.807, 2.05) is 6.92 Å². The van der Waals surface area contributed by atoms with Crippen molar-refractivity contribution in [1.82, 2.24) is 4.90 Å². The third-order valence-corrected chi connectivity index (χ3v) is 1.98. The minimum atomic E-state index is 0.110. The number of nitrogens with zero attached hydrogens (tertiary/aromatic N) is 2. The van der Waals surface area contributed by atoms with Crippen LogP contribution >= 0.6 is 0 Å². The van der Waals surface area contributed by atoms with Gasteiger partial charge in [-0.25, -0.2) is 0 Å². The smallest absolute Gasteiger partial charge is 0.0669 e. The molecule has 0 aliphatic carbocycles. The van der Waals surface area contributed by atoms with E-state index < -0.39 is 0 Å². The Morgan fingerprint density at radius 1 is 1.80 bits per heavy atom. The lowest BCUT2D eigenvalue weighted by molar-refractivity contribution is 0.260. The fourth-order valence-corrected chi connectivity index (χ4v) is 1.26. The number of hydrogen-bond donors (Lipinski definition) is 1. The lowest BCUT2D eigenvalue weighted by Crippen LogP contribution is -2.37. The van der Waals surface area contributed by atoms with Crippen LogP contribution in [-0.4, -0.2) is 24.2 Å². The number of hydrogen-bond acceptors (Lipinski definition) is 3. The van der Waals surface area contributed by atoms with Gasteiger partial charge in [-0.2, -0.15) is 5.26 Å². The molecule has 0 saturated carbocycles. The molecule has 0 bridgehead atoms. The second-order valence-corrected chi connectivity index (χ2v) is 2.85. The average Bonchev–Trinajstić information content (AvgIpc) is 2.34. The van der Waals surface area contributed by atoms with Crippen molar-refractivity contribution < 1.29 is 0 Å². The molecule has 1 fully saturated rings. The van der Waals surface area contributed by atoms with Gasteiger partial charge in [0, 0.05) is 13.1 Å². The molecule has 0 aromatic heterocycles. The normalized spacial score (nSPS) is 29.9. The zero-order valence-corrected chi connectivity index (χ0v) is 6.25. The maximum atomic E-state index is 8.55. The van der Waals surface area contributed by atoms with Crippen LogP contribution in [0.15, 0.2) is 0 Å². The first-order valence-corrected chi connectivity index (χ1v) is 3.63.